The molecule has 2 aromatic carbocycles. The van der Waals surface area contributed by atoms with Gasteiger partial charge in [-0.15, -0.1) is 0 Å². The molecule has 0 spiro atoms. The van der Waals surface area contributed by atoms with Crippen molar-refractivity contribution in [3.05, 3.63) is 48.2 Å². The molecule has 136 valence electrons. The van der Waals surface area contributed by atoms with Gasteiger partial charge in [0, 0.05) is 29.4 Å². The lowest BCUT2D eigenvalue weighted by Crippen LogP contribution is -2.23. The quantitative estimate of drug-likeness (QED) is 0.673. The van der Waals surface area contributed by atoms with Crippen LogP contribution < -0.4 is 14.8 Å². The van der Waals surface area contributed by atoms with Crippen molar-refractivity contribution in [1.29, 1.82) is 0 Å². The molecule has 0 atom stereocenters. The minimum Gasteiger partial charge on any atom is -0.495 e. The third-order valence-corrected chi connectivity index (χ3v) is 5.84. The molecule has 3 rings (SSSR count). The van der Waals surface area contributed by atoms with E-state index in [0.29, 0.717) is 12.2 Å². The highest BCUT2D eigenvalue weighted by Crippen LogP contribution is 2.28. The van der Waals surface area contributed by atoms with Gasteiger partial charge in [0.1, 0.15) is 10.6 Å². The first-order valence-electron chi connectivity index (χ1n) is 7.78. The van der Waals surface area contributed by atoms with E-state index in [0.717, 1.165) is 10.1 Å². The normalized spacial score (nSPS) is 11.3. The monoisotopic (exact) mass is 391 g/mol. The van der Waals surface area contributed by atoms with Gasteiger partial charge in [0.15, 0.2) is 0 Å². The topological polar surface area (TPSA) is 97.4 Å². The van der Waals surface area contributed by atoms with E-state index >= 15 is 0 Å². The second-order valence-electron chi connectivity index (χ2n) is 5.41. The fourth-order valence-electron chi connectivity index (χ4n) is 2.44. The molecule has 0 bridgehead atoms. The van der Waals surface area contributed by atoms with Crippen LogP contribution in [0.4, 0.5) is 5.69 Å². The van der Waals surface area contributed by atoms with Crippen LogP contribution in [0.1, 0.15) is 17.3 Å². The first-order chi connectivity index (χ1) is 12.4. The Balaban J connectivity index is 1.98. The number of fused-ring (bicyclic) bond motifs is 1. The predicted octanol–water partition coefficient (Wildman–Crippen LogP) is 2.86. The minimum absolute atomic E-state index is 0.104. The Kier molecular flexibility index (Phi) is 5.10. The number of anilines is 1. The van der Waals surface area contributed by atoms with Crippen LogP contribution in [0.3, 0.4) is 0 Å². The molecular formula is C17H17N3O4S2. The maximum absolute atomic E-state index is 12.9. The Morgan fingerprint density at radius 2 is 2.04 bits per heavy atom. The molecule has 0 aliphatic heterocycles. The number of methoxy groups -OCH3 is 1. The molecule has 1 aromatic heterocycles. The summed E-state index contributed by atoms with van der Waals surface area (Å²) in [4.78, 5) is 11.9. The molecule has 0 radical (unpaired) electrons. The number of hydrogen-bond donors (Lipinski definition) is 2. The largest absolute Gasteiger partial charge is 0.495 e. The number of amides is 1. The molecule has 0 saturated carbocycles. The smallest absolute Gasteiger partial charge is 0.265 e. The molecule has 7 nitrogen and oxygen atoms in total. The molecule has 1 amide bonds. The third kappa shape index (κ3) is 3.63. The highest BCUT2D eigenvalue weighted by atomic mass is 32.2. The number of sulfonamides is 1. The summed E-state index contributed by atoms with van der Waals surface area (Å²) in [5.41, 5.74) is 0.647. The average Bonchev–Trinajstić information content (AvgIpc) is 3.08. The van der Waals surface area contributed by atoms with Gasteiger partial charge in [-0.2, -0.15) is 4.37 Å². The van der Waals surface area contributed by atoms with Crippen molar-refractivity contribution in [2.24, 2.45) is 0 Å². The van der Waals surface area contributed by atoms with Gasteiger partial charge < -0.3 is 10.1 Å². The highest BCUT2D eigenvalue weighted by Gasteiger charge is 2.22. The molecular weight excluding hydrogens is 374 g/mol. The summed E-state index contributed by atoms with van der Waals surface area (Å²) in [6.07, 6.45) is 1.67. The molecule has 0 aliphatic carbocycles. The van der Waals surface area contributed by atoms with Gasteiger partial charge in [-0.3, -0.25) is 9.52 Å². The Labute approximate surface area is 155 Å². The molecule has 0 aliphatic rings. The number of rotatable bonds is 6. The lowest BCUT2D eigenvalue weighted by atomic mass is 10.2. The molecule has 0 fully saturated rings. The maximum atomic E-state index is 12.9. The Bertz CT molecular complexity index is 1060. The SMILES string of the molecule is CCNC(=O)c1ccc(OC)c(S(=O)(=O)Nc2ccc3sncc3c2)c1. The summed E-state index contributed by atoms with van der Waals surface area (Å²) in [5.74, 6) is -0.193. The van der Waals surface area contributed by atoms with Crippen LogP contribution in [-0.4, -0.2) is 32.4 Å². The zero-order chi connectivity index (χ0) is 18.7. The van der Waals surface area contributed by atoms with E-state index in [4.69, 9.17) is 4.74 Å². The molecule has 26 heavy (non-hydrogen) atoms. The van der Waals surface area contributed by atoms with Crippen molar-refractivity contribution in [2.75, 3.05) is 18.4 Å². The predicted molar refractivity (Wildman–Crippen MR) is 101 cm³/mol. The van der Waals surface area contributed by atoms with Crippen molar-refractivity contribution >= 4 is 43.2 Å². The second kappa shape index (κ2) is 7.30. The van der Waals surface area contributed by atoms with Crippen molar-refractivity contribution in [3.8, 4) is 5.75 Å². The zero-order valence-electron chi connectivity index (χ0n) is 14.1. The van der Waals surface area contributed by atoms with E-state index in [1.54, 1.807) is 31.3 Å². The fraction of sp³-hybridized carbons (Fsp3) is 0.176. The van der Waals surface area contributed by atoms with Crippen LogP contribution in [0, 0.1) is 0 Å². The molecule has 1 heterocycles. The fourth-order valence-corrected chi connectivity index (χ4v) is 4.31. The summed E-state index contributed by atoms with van der Waals surface area (Å²) in [7, 11) is -2.57. The van der Waals surface area contributed by atoms with Crippen LogP contribution in [-0.2, 0) is 10.0 Å². The molecule has 3 aromatic rings. The third-order valence-electron chi connectivity index (χ3n) is 3.66. The van der Waals surface area contributed by atoms with Crippen molar-refractivity contribution in [1.82, 2.24) is 9.69 Å². The summed E-state index contributed by atoms with van der Waals surface area (Å²) < 4.78 is 38.4. The number of nitrogens with zero attached hydrogens (tertiary/aromatic N) is 1. The zero-order valence-corrected chi connectivity index (χ0v) is 15.8. The first-order valence-corrected chi connectivity index (χ1v) is 10.0. The summed E-state index contributed by atoms with van der Waals surface area (Å²) >= 11 is 1.33. The van der Waals surface area contributed by atoms with Crippen molar-refractivity contribution in [3.63, 3.8) is 0 Å². The number of carbonyl (C=O) groups excluding carboxylic acids is 1. The van der Waals surface area contributed by atoms with Crippen molar-refractivity contribution < 1.29 is 17.9 Å². The number of benzene rings is 2. The van der Waals surface area contributed by atoms with Crippen LogP contribution in [0.15, 0.2) is 47.5 Å². The standard InChI is InChI=1S/C17H17N3O4S2/c1-3-18-17(21)11-4-6-14(24-2)16(9-11)26(22,23)20-13-5-7-15-12(8-13)10-19-25-15/h4-10,20H,3H2,1-2H3,(H,18,21). The summed E-state index contributed by atoms with van der Waals surface area (Å²) in [5, 5.41) is 3.49. The number of hydrogen-bond acceptors (Lipinski definition) is 6. The van der Waals surface area contributed by atoms with Gasteiger partial charge >= 0.3 is 0 Å². The Morgan fingerprint density at radius 3 is 2.77 bits per heavy atom. The molecule has 0 unspecified atom stereocenters. The lowest BCUT2D eigenvalue weighted by molar-refractivity contribution is 0.0955. The first kappa shape index (κ1) is 18.2. The van der Waals surface area contributed by atoms with Gasteiger partial charge in [0.05, 0.1) is 11.8 Å². The number of carbonyl (C=O) groups is 1. The van der Waals surface area contributed by atoms with Crippen molar-refractivity contribution in [2.45, 2.75) is 11.8 Å². The molecule has 2 N–H and O–H groups in total. The lowest BCUT2D eigenvalue weighted by Gasteiger charge is -2.13. The molecule has 0 saturated heterocycles. The van der Waals surface area contributed by atoms with Gasteiger partial charge in [-0.25, -0.2) is 8.42 Å². The van der Waals surface area contributed by atoms with Gasteiger partial charge in [-0.05, 0) is 54.9 Å². The number of aromatic nitrogens is 1. The van der Waals surface area contributed by atoms with Crippen LogP contribution in [0.2, 0.25) is 0 Å². The maximum Gasteiger partial charge on any atom is 0.265 e. The van der Waals surface area contributed by atoms with E-state index in [1.807, 2.05) is 0 Å². The van der Waals surface area contributed by atoms with Crippen LogP contribution in [0.25, 0.3) is 10.1 Å². The van der Waals surface area contributed by atoms with E-state index in [9.17, 15) is 13.2 Å². The Morgan fingerprint density at radius 1 is 1.23 bits per heavy atom. The number of ether oxygens (including phenoxy) is 1. The van der Waals surface area contributed by atoms with Crippen LogP contribution >= 0.6 is 11.5 Å². The number of nitrogens with one attached hydrogen (secondary N) is 2. The average molecular weight is 391 g/mol. The minimum atomic E-state index is -3.95. The van der Waals surface area contributed by atoms with Gasteiger partial charge in [0.2, 0.25) is 0 Å². The van der Waals surface area contributed by atoms with E-state index in [2.05, 4.69) is 14.4 Å². The highest BCUT2D eigenvalue weighted by molar-refractivity contribution is 7.92. The van der Waals surface area contributed by atoms with Gasteiger partial charge in [0.25, 0.3) is 15.9 Å². The summed E-state index contributed by atoms with van der Waals surface area (Å²) in [6.45, 7) is 2.23. The van der Waals surface area contributed by atoms with E-state index in [1.165, 1.54) is 36.8 Å². The Hall–Kier alpha value is -2.65. The second-order valence-corrected chi connectivity index (χ2v) is 7.89. The summed E-state index contributed by atoms with van der Waals surface area (Å²) in [6, 6.07) is 9.45. The van der Waals surface area contributed by atoms with E-state index < -0.39 is 10.0 Å². The van der Waals surface area contributed by atoms with E-state index in [-0.39, 0.29) is 22.1 Å². The van der Waals surface area contributed by atoms with Gasteiger partial charge in [-0.1, -0.05) is 0 Å². The van der Waals surface area contributed by atoms with Crippen LogP contribution in [0.5, 0.6) is 5.75 Å². The molecule has 9 heteroatoms.